The lowest BCUT2D eigenvalue weighted by atomic mass is 10.1. The topological polar surface area (TPSA) is 76.9 Å². The van der Waals surface area contributed by atoms with Crippen molar-refractivity contribution < 1.29 is 8.42 Å². The van der Waals surface area contributed by atoms with Gasteiger partial charge in [0.05, 0.1) is 30.7 Å². The summed E-state index contributed by atoms with van der Waals surface area (Å²) in [6.07, 6.45) is 3.13. The number of hydrogen-bond acceptors (Lipinski definition) is 4. The summed E-state index contributed by atoms with van der Waals surface area (Å²) in [5.74, 6) is 0.0445. The maximum Gasteiger partial charge on any atom is 0.211 e. The maximum atomic E-state index is 11.8. The second-order valence-electron chi connectivity index (χ2n) is 4.07. The SMILES string of the molecule is CCS(=O)(=O)NC(Cn1nccn1)c1ccccc1. The molecule has 1 heterocycles. The molecular weight excluding hydrogens is 264 g/mol. The van der Waals surface area contributed by atoms with E-state index in [1.807, 2.05) is 30.3 Å². The second-order valence-corrected chi connectivity index (χ2v) is 6.11. The number of nitrogens with one attached hydrogen (secondary N) is 1. The van der Waals surface area contributed by atoms with Crippen LogP contribution in [0.15, 0.2) is 42.7 Å². The molecule has 0 amide bonds. The molecule has 0 fully saturated rings. The second kappa shape index (κ2) is 5.94. The minimum atomic E-state index is -3.29. The molecule has 6 nitrogen and oxygen atoms in total. The van der Waals surface area contributed by atoms with Crippen LogP contribution < -0.4 is 4.72 Å². The lowest BCUT2D eigenvalue weighted by Crippen LogP contribution is -2.33. The number of hydrogen-bond donors (Lipinski definition) is 1. The molecule has 1 unspecified atom stereocenters. The molecule has 0 aliphatic carbocycles. The molecule has 102 valence electrons. The number of benzene rings is 1. The first-order chi connectivity index (χ1) is 9.11. The van der Waals surface area contributed by atoms with E-state index in [2.05, 4.69) is 14.9 Å². The van der Waals surface area contributed by atoms with E-state index in [1.165, 1.54) is 4.80 Å². The maximum absolute atomic E-state index is 11.8. The minimum absolute atomic E-state index is 0.0445. The predicted molar refractivity (Wildman–Crippen MR) is 71.8 cm³/mol. The van der Waals surface area contributed by atoms with Crippen LogP contribution in [0.4, 0.5) is 0 Å². The van der Waals surface area contributed by atoms with Gasteiger partial charge in [-0.05, 0) is 12.5 Å². The quantitative estimate of drug-likeness (QED) is 0.855. The van der Waals surface area contributed by atoms with Gasteiger partial charge in [-0.15, -0.1) is 0 Å². The molecule has 0 radical (unpaired) electrons. The molecule has 0 aliphatic heterocycles. The first-order valence-corrected chi connectivity index (χ1v) is 7.65. The van der Waals surface area contributed by atoms with Crippen molar-refractivity contribution in [1.29, 1.82) is 0 Å². The summed E-state index contributed by atoms with van der Waals surface area (Å²) in [7, 11) is -3.29. The van der Waals surface area contributed by atoms with Gasteiger partial charge < -0.3 is 0 Å². The highest BCUT2D eigenvalue weighted by molar-refractivity contribution is 7.89. The molecule has 0 bridgehead atoms. The molecule has 1 aromatic heterocycles. The third-order valence-corrected chi connectivity index (χ3v) is 4.12. The van der Waals surface area contributed by atoms with E-state index in [0.717, 1.165) is 5.56 Å². The molecule has 0 spiro atoms. The van der Waals surface area contributed by atoms with Crippen LogP contribution in [0.3, 0.4) is 0 Å². The van der Waals surface area contributed by atoms with Crippen LogP contribution >= 0.6 is 0 Å². The zero-order valence-electron chi connectivity index (χ0n) is 10.6. The van der Waals surface area contributed by atoms with Crippen molar-refractivity contribution in [2.75, 3.05) is 5.75 Å². The minimum Gasteiger partial charge on any atom is -0.212 e. The van der Waals surface area contributed by atoms with E-state index in [1.54, 1.807) is 19.3 Å². The molecule has 0 saturated carbocycles. The van der Waals surface area contributed by atoms with E-state index in [9.17, 15) is 8.42 Å². The molecule has 0 saturated heterocycles. The zero-order chi connectivity index (χ0) is 13.7. The Morgan fingerprint density at radius 2 is 1.84 bits per heavy atom. The fourth-order valence-corrected chi connectivity index (χ4v) is 2.51. The summed E-state index contributed by atoms with van der Waals surface area (Å²) in [4.78, 5) is 1.47. The van der Waals surface area contributed by atoms with Crippen molar-refractivity contribution in [3.63, 3.8) is 0 Å². The summed E-state index contributed by atoms with van der Waals surface area (Å²) in [5, 5.41) is 8.02. The Hall–Kier alpha value is -1.73. The summed E-state index contributed by atoms with van der Waals surface area (Å²) in [6.45, 7) is 1.97. The van der Waals surface area contributed by atoms with Crippen molar-refractivity contribution in [3.05, 3.63) is 48.3 Å². The molecule has 0 aliphatic rings. The summed E-state index contributed by atoms with van der Waals surface area (Å²) in [5.41, 5.74) is 0.886. The van der Waals surface area contributed by atoms with Gasteiger partial charge in [0, 0.05) is 0 Å². The van der Waals surface area contributed by atoms with Crippen LogP contribution in [-0.4, -0.2) is 29.2 Å². The van der Waals surface area contributed by atoms with E-state index >= 15 is 0 Å². The molecule has 1 N–H and O–H groups in total. The monoisotopic (exact) mass is 280 g/mol. The van der Waals surface area contributed by atoms with Gasteiger partial charge in [0.1, 0.15) is 0 Å². The van der Waals surface area contributed by atoms with Gasteiger partial charge in [-0.1, -0.05) is 30.3 Å². The smallest absolute Gasteiger partial charge is 0.211 e. The predicted octanol–water partition coefficient (Wildman–Crippen LogP) is 0.959. The average Bonchev–Trinajstić information content (AvgIpc) is 2.92. The van der Waals surface area contributed by atoms with E-state index in [4.69, 9.17) is 0 Å². The third-order valence-electron chi connectivity index (χ3n) is 2.72. The van der Waals surface area contributed by atoms with Crippen LogP contribution in [0, 0.1) is 0 Å². The van der Waals surface area contributed by atoms with Gasteiger partial charge in [-0.25, -0.2) is 13.1 Å². The Bertz CT molecular complexity index is 596. The number of aromatic nitrogens is 3. The van der Waals surface area contributed by atoms with Crippen molar-refractivity contribution >= 4 is 10.0 Å². The van der Waals surface area contributed by atoms with Crippen LogP contribution in [0.25, 0.3) is 0 Å². The van der Waals surface area contributed by atoms with Gasteiger partial charge >= 0.3 is 0 Å². The van der Waals surface area contributed by atoms with Crippen LogP contribution in [0.2, 0.25) is 0 Å². The number of nitrogens with zero attached hydrogens (tertiary/aromatic N) is 3. The standard InChI is InChI=1S/C12H16N4O2S/c1-2-19(17,18)15-12(10-16-13-8-9-14-16)11-6-4-3-5-7-11/h3-9,12,15H,2,10H2,1H3. The Morgan fingerprint density at radius 1 is 1.21 bits per heavy atom. The molecule has 1 atom stereocenters. The fourth-order valence-electron chi connectivity index (χ4n) is 1.70. The van der Waals surface area contributed by atoms with Crippen molar-refractivity contribution in [2.45, 2.75) is 19.5 Å². The normalized spacial score (nSPS) is 13.3. The van der Waals surface area contributed by atoms with Crippen molar-refractivity contribution in [3.8, 4) is 0 Å². The first-order valence-electron chi connectivity index (χ1n) is 6.00. The Morgan fingerprint density at radius 3 is 2.42 bits per heavy atom. The van der Waals surface area contributed by atoms with Crippen LogP contribution in [0.5, 0.6) is 0 Å². The van der Waals surface area contributed by atoms with E-state index in [0.29, 0.717) is 6.54 Å². The molecular formula is C12H16N4O2S. The fraction of sp³-hybridized carbons (Fsp3) is 0.333. The summed E-state index contributed by atoms with van der Waals surface area (Å²) in [6, 6.07) is 9.02. The van der Waals surface area contributed by atoms with Crippen molar-refractivity contribution in [1.82, 2.24) is 19.7 Å². The Balaban J connectivity index is 2.23. The van der Waals surface area contributed by atoms with Crippen LogP contribution in [0.1, 0.15) is 18.5 Å². The van der Waals surface area contributed by atoms with Gasteiger partial charge in [0.2, 0.25) is 10.0 Å². The molecule has 7 heteroatoms. The molecule has 2 rings (SSSR count). The van der Waals surface area contributed by atoms with Gasteiger partial charge in [0.25, 0.3) is 0 Å². The lowest BCUT2D eigenvalue weighted by molar-refractivity contribution is 0.445. The Labute approximate surface area is 112 Å². The molecule has 19 heavy (non-hydrogen) atoms. The summed E-state index contributed by atoms with van der Waals surface area (Å²) >= 11 is 0. The van der Waals surface area contributed by atoms with Gasteiger partial charge in [-0.2, -0.15) is 15.0 Å². The van der Waals surface area contributed by atoms with Crippen molar-refractivity contribution in [2.24, 2.45) is 0 Å². The van der Waals surface area contributed by atoms with Gasteiger partial charge in [-0.3, -0.25) is 0 Å². The van der Waals surface area contributed by atoms with E-state index < -0.39 is 10.0 Å². The highest BCUT2D eigenvalue weighted by Gasteiger charge is 2.19. The molecule has 1 aromatic carbocycles. The average molecular weight is 280 g/mol. The Kier molecular flexibility index (Phi) is 4.28. The number of rotatable bonds is 6. The first kappa shape index (κ1) is 13.7. The largest absolute Gasteiger partial charge is 0.212 e. The third kappa shape index (κ3) is 3.87. The number of sulfonamides is 1. The highest BCUT2D eigenvalue weighted by atomic mass is 32.2. The highest BCUT2D eigenvalue weighted by Crippen LogP contribution is 2.15. The summed E-state index contributed by atoms with van der Waals surface area (Å²) < 4.78 is 26.2. The molecule has 2 aromatic rings. The van der Waals surface area contributed by atoms with E-state index in [-0.39, 0.29) is 11.8 Å². The van der Waals surface area contributed by atoms with Gasteiger partial charge in [0.15, 0.2) is 0 Å². The van der Waals surface area contributed by atoms with Crippen LogP contribution in [-0.2, 0) is 16.6 Å². The zero-order valence-corrected chi connectivity index (χ0v) is 11.4. The lowest BCUT2D eigenvalue weighted by Gasteiger charge is -2.18.